The fraction of sp³-hybridized carbons (Fsp3) is 0.895. The summed E-state index contributed by atoms with van der Waals surface area (Å²) in [7, 11) is 0. The quantitative estimate of drug-likeness (QED) is 0.0355. The average Bonchev–Trinajstić information content (AvgIpc) is 3.31. The van der Waals surface area contributed by atoms with Crippen LogP contribution in [0.4, 0.5) is 0 Å². The van der Waals surface area contributed by atoms with Crippen molar-refractivity contribution >= 4 is 35.5 Å². The predicted octanol–water partition coefficient (Wildman–Crippen LogP) is 15.9. The molecule has 0 aromatic carbocycles. The molecular formula is C57H106N2O6S. The van der Waals surface area contributed by atoms with Gasteiger partial charge in [-0.15, -0.1) is 6.42 Å². The van der Waals surface area contributed by atoms with Crippen LogP contribution >= 0.6 is 11.8 Å². The molecule has 0 aromatic heterocycles. The third-order valence-electron chi connectivity index (χ3n) is 12.8. The van der Waals surface area contributed by atoms with Crippen LogP contribution in [0.25, 0.3) is 0 Å². The number of nitrogens with one attached hydrogen (secondary N) is 2. The zero-order valence-electron chi connectivity index (χ0n) is 43.6. The Labute approximate surface area is 412 Å². The second-order valence-corrected chi connectivity index (χ2v) is 20.4. The third kappa shape index (κ3) is 46.9. The standard InChI is InChI=1S/C57H106N2O6S/c1-5-9-12-15-18-21-24-27-30-33-36-39-42-45-54(60)59-53(57(63)58-48-8-4)51-66-50-52(65-56(62)47-44-41-38-35-32-29-26-23-20-17-14-11-7-3)49-64-55(61)46-43-40-37-34-31-28-25-22-19-16-13-10-6-2/h4,52-53H,5-7,9-51H2,1-3H3,(H,58,63)(H,59,60)/t52-,53-/m1/s1. The predicted molar refractivity (Wildman–Crippen MR) is 283 cm³/mol. The maximum atomic E-state index is 13.1. The van der Waals surface area contributed by atoms with Crippen molar-refractivity contribution < 1.29 is 28.7 Å². The van der Waals surface area contributed by atoms with Gasteiger partial charge in [-0.25, -0.2) is 0 Å². The van der Waals surface area contributed by atoms with Crippen molar-refractivity contribution in [2.45, 2.75) is 303 Å². The normalized spacial score (nSPS) is 12.1. The molecule has 0 aliphatic rings. The molecule has 386 valence electrons. The molecule has 2 amide bonds. The van der Waals surface area contributed by atoms with Crippen LogP contribution in [-0.2, 0) is 28.7 Å². The lowest BCUT2D eigenvalue weighted by molar-refractivity contribution is -0.157. The molecule has 0 fully saturated rings. The van der Waals surface area contributed by atoms with Crippen LogP contribution in [0.15, 0.2) is 0 Å². The van der Waals surface area contributed by atoms with Crippen LogP contribution < -0.4 is 10.6 Å². The van der Waals surface area contributed by atoms with E-state index in [0.717, 1.165) is 57.8 Å². The van der Waals surface area contributed by atoms with Crippen molar-refractivity contribution in [1.29, 1.82) is 0 Å². The second-order valence-electron chi connectivity index (χ2n) is 19.4. The highest BCUT2D eigenvalue weighted by Crippen LogP contribution is 2.18. The number of carbonyl (C=O) groups is 4. The molecule has 0 spiro atoms. The number of carbonyl (C=O) groups excluding carboxylic acids is 4. The molecule has 0 saturated heterocycles. The van der Waals surface area contributed by atoms with Crippen LogP contribution in [-0.4, -0.2) is 60.6 Å². The number of terminal acetylenes is 1. The van der Waals surface area contributed by atoms with Gasteiger partial charge in [-0.1, -0.05) is 258 Å². The van der Waals surface area contributed by atoms with Crippen molar-refractivity contribution in [3.8, 4) is 12.3 Å². The zero-order valence-corrected chi connectivity index (χ0v) is 44.4. The molecule has 2 N–H and O–H groups in total. The minimum Gasteiger partial charge on any atom is -0.462 e. The van der Waals surface area contributed by atoms with E-state index in [2.05, 4.69) is 37.3 Å². The average molecular weight is 948 g/mol. The fourth-order valence-corrected chi connectivity index (χ4v) is 9.56. The maximum absolute atomic E-state index is 13.1. The molecule has 0 unspecified atom stereocenters. The molecule has 0 aliphatic heterocycles. The Kier molecular flexibility index (Phi) is 50.4. The molecule has 0 aromatic rings. The van der Waals surface area contributed by atoms with Gasteiger partial charge in [-0.3, -0.25) is 19.2 Å². The van der Waals surface area contributed by atoms with E-state index in [1.807, 2.05) is 0 Å². The van der Waals surface area contributed by atoms with Crippen LogP contribution in [0, 0.1) is 12.3 Å². The first kappa shape index (κ1) is 63.8. The van der Waals surface area contributed by atoms with Gasteiger partial charge < -0.3 is 20.1 Å². The van der Waals surface area contributed by atoms with Crippen LogP contribution in [0.1, 0.15) is 290 Å². The lowest BCUT2D eigenvalue weighted by Crippen LogP contribution is -2.48. The summed E-state index contributed by atoms with van der Waals surface area (Å²) < 4.78 is 11.6. The Morgan fingerprint density at radius 3 is 1.15 bits per heavy atom. The van der Waals surface area contributed by atoms with Crippen LogP contribution in [0.2, 0.25) is 0 Å². The summed E-state index contributed by atoms with van der Waals surface area (Å²) >= 11 is 1.40. The van der Waals surface area contributed by atoms with Crippen molar-refractivity contribution in [3.05, 3.63) is 0 Å². The highest BCUT2D eigenvalue weighted by Gasteiger charge is 2.23. The van der Waals surface area contributed by atoms with Gasteiger partial charge in [0.25, 0.3) is 0 Å². The van der Waals surface area contributed by atoms with E-state index in [-0.39, 0.29) is 42.7 Å². The van der Waals surface area contributed by atoms with Crippen molar-refractivity contribution in [1.82, 2.24) is 10.6 Å². The fourth-order valence-electron chi connectivity index (χ4n) is 8.52. The molecule has 0 saturated carbocycles. The van der Waals surface area contributed by atoms with Gasteiger partial charge in [0, 0.05) is 30.8 Å². The Morgan fingerprint density at radius 2 is 0.788 bits per heavy atom. The van der Waals surface area contributed by atoms with Crippen molar-refractivity contribution in [3.63, 3.8) is 0 Å². The van der Waals surface area contributed by atoms with E-state index in [0.29, 0.717) is 25.0 Å². The smallest absolute Gasteiger partial charge is 0.306 e. The number of hydrogen-bond acceptors (Lipinski definition) is 7. The van der Waals surface area contributed by atoms with Gasteiger partial charge in [-0.2, -0.15) is 11.8 Å². The highest BCUT2D eigenvalue weighted by molar-refractivity contribution is 7.99. The molecular weight excluding hydrogens is 841 g/mol. The Balaban J connectivity index is 4.84. The molecule has 0 heterocycles. The minimum atomic E-state index is -0.780. The summed E-state index contributed by atoms with van der Waals surface area (Å²) in [5.74, 6) is 2.01. The molecule has 2 atom stereocenters. The number of thioether (sulfide) groups is 1. The van der Waals surface area contributed by atoms with E-state index in [1.165, 1.54) is 204 Å². The van der Waals surface area contributed by atoms with E-state index in [1.54, 1.807) is 0 Å². The lowest BCUT2D eigenvalue weighted by Gasteiger charge is -2.21. The maximum Gasteiger partial charge on any atom is 0.306 e. The van der Waals surface area contributed by atoms with E-state index >= 15 is 0 Å². The first-order valence-electron chi connectivity index (χ1n) is 28.3. The molecule has 0 bridgehead atoms. The molecule has 9 heteroatoms. The number of hydrogen-bond donors (Lipinski definition) is 2. The topological polar surface area (TPSA) is 111 Å². The van der Waals surface area contributed by atoms with Crippen LogP contribution in [0.3, 0.4) is 0 Å². The summed E-state index contributed by atoms with van der Waals surface area (Å²) in [6.45, 7) is 6.83. The summed E-state index contributed by atoms with van der Waals surface area (Å²) in [6, 6.07) is -0.780. The van der Waals surface area contributed by atoms with Crippen molar-refractivity contribution in [2.24, 2.45) is 0 Å². The first-order valence-corrected chi connectivity index (χ1v) is 29.5. The van der Waals surface area contributed by atoms with E-state index in [4.69, 9.17) is 15.9 Å². The Morgan fingerprint density at radius 1 is 0.455 bits per heavy atom. The molecule has 0 rings (SSSR count). The summed E-state index contributed by atoms with van der Waals surface area (Å²) in [6.07, 6.45) is 54.1. The summed E-state index contributed by atoms with van der Waals surface area (Å²) in [5.41, 5.74) is 0. The van der Waals surface area contributed by atoms with Crippen LogP contribution in [0.5, 0.6) is 0 Å². The number of ether oxygens (including phenoxy) is 2. The number of esters is 2. The summed E-state index contributed by atoms with van der Waals surface area (Å²) in [4.78, 5) is 51.9. The minimum absolute atomic E-state index is 0.0199. The monoisotopic (exact) mass is 947 g/mol. The largest absolute Gasteiger partial charge is 0.462 e. The van der Waals surface area contributed by atoms with Crippen molar-refractivity contribution in [2.75, 3.05) is 24.7 Å². The number of rotatable bonds is 52. The van der Waals surface area contributed by atoms with E-state index in [9.17, 15) is 19.2 Å². The highest BCUT2D eigenvalue weighted by atomic mass is 32.2. The molecule has 8 nitrogen and oxygen atoms in total. The lowest BCUT2D eigenvalue weighted by atomic mass is 10.0. The Hall–Kier alpha value is -2.21. The van der Waals surface area contributed by atoms with Gasteiger partial charge in [0.05, 0.1) is 6.54 Å². The molecule has 0 radical (unpaired) electrons. The van der Waals surface area contributed by atoms with Gasteiger partial charge in [0.2, 0.25) is 11.8 Å². The first-order chi connectivity index (χ1) is 32.4. The number of unbranched alkanes of at least 4 members (excludes halogenated alkanes) is 36. The van der Waals surface area contributed by atoms with Gasteiger partial charge >= 0.3 is 11.9 Å². The van der Waals surface area contributed by atoms with E-state index < -0.39 is 12.1 Å². The number of amides is 2. The third-order valence-corrected chi connectivity index (χ3v) is 14.0. The zero-order chi connectivity index (χ0) is 48.2. The van der Waals surface area contributed by atoms with Gasteiger partial charge in [0.1, 0.15) is 18.8 Å². The molecule has 66 heavy (non-hydrogen) atoms. The molecule has 0 aliphatic carbocycles. The summed E-state index contributed by atoms with van der Waals surface area (Å²) in [5, 5.41) is 5.64. The van der Waals surface area contributed by atoms with Gasteiger partial charge in [0.15, 0.2) is 0 Å². The SMILES string of the molecule is C#CCNC(=O)[C@@H](CSC[C@@H](COC(=O)CCCCCCCCCCCCCCC)OC(=O)CCCCCCCCCCCCCCC)NC(=O)CCCCCCCCCCCCCCC. The Bertz CT molecular complexity index is 1140. The van der Waals surface area contributed by atoms with Gasteiger partial charge in [-0.05, 0) is 19.3 Å². The second kappa shape index (κ2) is 52.2.